The van der Waals surface area contributed by atoms with Crippen molar-refractivity contribution >= 4 is 22.4 Å². The van der Waals surface area contributed by atoms with E-state index in [2.05, 4.69) is 15.4 Å². The van der Waals surface area contributed by atoms with Gasteiger partial charge in [-0.3, -0.25) is 9.59 Å². The van der Waals surface area contributed by atoms with Crippen LogP contribution in [0.4, 0.5) is 9.52 Å². The third kappa shape index (κ3) is 4.46. The van der Waals surface area contributed by atoms with Crippen molar-refractivity contribution in [1.29, 1.82) is 0 Å². The fourth-order valence-corrected chi connectivity index (χ4v) is 3.30. The summed E-state index contributed by atoms with van der Waals surface area (Å²) in [6.07, 6.45) is 0. The van der Waals surface area contributed by atoms with Gasteiger partial charge in [0, 0.05) is 22.4 Å². The Bertz CT molecular complexity index is 1040. The van der Waals surface area contributed by atoms with Crippen LogP contribution in [0.25, 0.3) is 11.3 Å². The van der Waals surface area contributed by atoms with Crippen molar-refractivity contribution in [1.82, 2.24) is 14.8 Å². The second kappa shape index (κ2) is 7.40. The van der Waals surface area contributed by atoms with Crippen LogP contribution in [-0.4, -0.2) is 20.7 Å². The number of carbonyl (C=O) groups excluding carboxylic acids is 1. The average molecular weight is 386 g/mol. The van der Waals surface area contributed by atoms with Crippen molar-refractivity contribution in [3.63, 3.8) is 0 Å². The van der Waals surface area contributed by atoms with Crippen LogP contribution in [0.15, 0.2) is 46.6 Å². The molecule has 0 atom stereocenters. The molecule has 0 saturated carbocycles. The van der Waals surface area contributed by atoms with Crippen molar-refractivity contribution in [2.24, 2.45) is 0 Å². The summed E-state index contributed by atoms with van der Waals surface area (Å²) in [5.41, 5.74) is 0.858. The summed E-state index contributed by atoms with van der Waals surface area (Å²) in [5.74, 6) is -0.873. The first-order chi connectivity index (χ1) is 12.7. The van der Waals surface area contributed by atoms with E-state index in [9.17, 15) is 14.0 Å². The van der Waals surface area contributed by atoms with Crippen LogP contribution in [-0.2, 0) is 16.8 Å². The van der Waals surface area contributed by atoms with Gasteiger partial charge in [-0.05, 0) is 18.2 Å². The molecule has 0 saturated heterocycles. The molecule has 0 aliphatic rings. The van der Waals surface area contributed by atoms with Gasteiger partial charge in [0.1, 0.15) is 12.4 Å². The maximum atomic E-state index is 13.9. The molecular weight excluding hydrogens is 367 g/mol. The number of rotatable bonds is 4. The lowest BCUT2D eigenvalue weighted by Gasteiger charge is -2.14. The smallest absolute Gasteiger partial charge is 0.267 e. The predicted molar refractivity (Wildman–Crippen MR) is 103 cm³/mol. The molecule has 27 heavy (non-hydrogen) atoms. The normalized spacial score (nSPS) is 11.4. The monoisotopic (exact) mass is 386 g/mol. The molecule has 1 amide bonds. The van der Waals surface area contributed by atoms with Gasteiger partial charge in [0.25, 0.3) is 5.56 Å². The minimum atomic E-state index is -0.447. The lowest BCUT2D eigenvalue weighted by molar-refractivity contribution is -0.117. The minimum absolute atomic E-state index is 0.119. The predicted octanol–water partition coefficient (Wildman–Crippen LogP) is 3.44. The van der Waals surface area contributed by atoms with E-state index in [4.69, 9.17) is 0 Å². The SMILES string of the molecule is CC(C)(C)c1csc(NC(=O)Cn2nc(-c3ccccc3F)ccc2=O)n1. The summed E-state index contributed by atoms with van der Waals surface area (Å²) in [5, 5.41) is 9.14. The van der Waals surface area contributed by atoms with E-state index in [0.717, 1.165) is 10.4 Å². The van der Waals surface area contributed by atoms with Gasteiger partial charge in [-0.2, -0.15) is 5.10 Å². The van der Waals surface area contributed by atoms with Crippen LogP contribution in [0.2, 0.25) is 0 Å². The Morgan fingerprint density at radius 1 is 1.22 bits per heavy atom. The number of aromatic nitrogens is 3. The van der Waals surface area contributed by atoms with E-state index < -0.39 is 17.3 Å². The lowest BCUT2D eigenvalue weighted by atomic mass is 9.93. The number of halogens is 1. The van der Waals surface area contributed by atoms with E-state index >= 15 is 0 Å². The molecule has 0 spiro atoms. The number of thiazole rings is 1. The molecule has 1 N–H and O–H groups in total. The number of hydrogen-bond acceptors (Lipinski definition) is 5. The lowest BCUT2D eigenvalue weighted by Crippen LogP contribution is -2.29. The molecule has 0 bridgehead atoms. The number of nitrogens with one attached hydrogen (secondary N) is 1. The molecule has 140 valence electrons. The molecular formula is C19H19FN4O2S. The molecule has 2 aromatic heterocycles. The second-order valence-corrected chi connectivity index (χ2v) is 7.89. The number of carbonyl (C=O) groups is 1. The molecule has 8 heteroatoms. The first kappa shape index (κ1) is 18.9. The number of anilines is 1. The molecule has 3 rings (SSSR count). The van der Waals surface area contributed by atoms with Gasteiger partial charge in [-0.15, -0.1) is 11.3 Å². The van der Waals surface area contributed by atoms with Gasteiger partial charge >= 0.3 is 0 Å². The first-order valence-corrected chi connectivity index (χ1v) is 9.21. The molecule has 3 aromatic rings. The molecule has 0 fully saturated rings. The van der Waals surface area contributed by atoms with Crippen LogP contribution < -0.4 is 10.9 Å². The zero-order chi connectivity index (χ0) is 19.6. The fraction of sp³-hybridized carbons (Fsp3) is 0.263. The zero-order valence-electron chi connectivity index (χ0n) is 15.2. The van der Waals surface area contributed by atoms with Gasteiger partial charge < -0.3 is 5.32 Å². The first-order valence-electron chi connectivity index (χ1n) is 8.33. The number of nitrogens with zero attached hydrogens (tertiary/aromatic N) is 3. The molecule has 6 nitrogen and oxygen atoms in total. The van der Waals surface area contributed by atoms with E-state index in [0.29, 0.717) is 5.13 Å². The number of amides is 1. The highest BCUT2D eigenvalue weighted by molar-refractivity contribution is 7.13. The van der Waals surface area contributed by atoms with Crippen molar-refractivity contribution < 1.29 is 9.18 Å². The van der Waals surface area contributed by atoms with Crippen LogP contribution in [0, 0.1) is 5.82 Å². The van der Waals surface area contributed by atoms with Crippen molar-refractivity contribution in [3.05, 3.63) is 63.6 Å². The van der Waals surface area contributed by atoms with Crippen LogP contribution >= 0.6 is 11.3 Å². The van der Waals surface area contributed by atoms with E-state index in [1.807, 2.05) is 26.2 Å². The van der Waals surface area contributed by atoms with Crippen LogP contribution in [0.5, 0.6) is 0 Å². The summed E-state index contributed by atoms with van der Waals surface area (Å²) >= 11 is 1.32. The van der Waals surface area contributed by atoms with E-state index in [-0.39, 0.29) is 23.2 Å². The molecule has 0 aliphatic carbocycles. The van der Waals surface area contributed by atoms with Crippen LogP contribution in [0.3, 0.4) is 0 Å². The standard InChI is InChI=1S/C19H19FN4O2S/c1-19(2,3)15-11-27-18(21-15)22-16(25)10-24-17(26)9-8-14(23-24)12-6-4-5-7-13(12)20/h4-9,11H,10H2,1-3H3,(H,21,22,25). The fourth-order valence-electron chi connectivity index (χ4n) is 2.35. The topological polar surface area (TPSA) is 76.9 Å². The van der Waals surface area contributed by atoms with Crippen molar-refractivity contribution in [2.45, 2.75) is 32.7 Å². The highest BCUT2D eigenvalue weighted by atomic mass is 32.1. The number of hydrogen-bond donors (Lipinski definition) is 1. The Kier molecular flexibility index (Phi) is 5.18. The Morgan fingerprint density at radius 3 is 2.63 bits per heavy atom. The van der Waals surface area contributed by atoms with Crippen molar-refractivity contribution in [2.75, 3.05) is 5.32 Å². The Morgan fingerprint density at radius 2 is 1.96 bits per heavy atom. The van der Waals surface area contributed by atoms with Crippen LogP contribution in [0.1, 0.15) is 26.5 Å². The quantitative estimate of drug-likeness (QED) is 0.745. The molecule has 0 radical (unpaired) electrons. The van der Waals surface area contributed by atoms with Crippen molar-refractivity contribution in [3.8, 4) is 11.3 Å². The summed E-state index contributed by atoms with van der Waals surface area (Å²) in [7, 11) is 0. The molecule has 0 aliphatic heterocycles. The Hall–Kier alpha value is -2.87. The summed E-state index contributed by atoms with van der Waals surface area (Å²) in [6.45, 7) is 5.81. The molecule has 1 aromatic carbocycles. The highest BCUT2D eigenvalue weighted by Crippen LogP contribution is 2.26. The highest BCUT2D eigenvalue weighted by Gasteiger charge is 2.18. The Labute approximate surface area is 159 Å². The van der Waals surface area contributed by atoms with E-state index in [1.54, 1.807) is 18.2 Å². The number of benzene rings is 1. The molecule has 0 unspecified atom stereocenters. The second-order valence-electron chi connectivity index (χ2n) is 7.03. The molecule has 2 heterocycles. The van der Waals surface area contributed by atoms with E-state index in [1.165, 1.54) is 29.5 Å². The maximum Gasteiger partial charge on any atom is 0.267 e. The minimum Gasteiger partial charge on any atom is -0.300 e. The third-order valence-electron chi connectivity index (χ3n) is 3.83. The summed E-state index contributed by atoms with van der Waals surface area (Å²) in [4.78, 5) is 28.7. The third-order valence-corrected chi connectivity index (χ3v) is 4.59. The summed E-state index contributed by atoms with van der Waals surface area (Å²) < 4.78 is 15.0. The van der Waals surface area contributed by atoms with Gasteiger partial charge in [-0.25, -0.2) is 14.1 Å². The Balaban J connectivity index is 1.78. The van der Waals surface area contributed by atoms with Gasteiger partial charge in [-0.1, -0.05) is 32.9 Å². The largest absolute Gasteiger partial charge is 0.300 e. The van der Waals surface area contributed by atoms with Gasteiger partial charge in [0.15, 0.2) is 5.13 Å². The average Bonchev–Trinajstić information content (AvgIpc) is 3.06. The summed E-state index contributed by atoms with van der Waals surface area (Å²) in [6, 6.07) is 8.83. The van der Waals surface area contributed by atoms with Gasteiger partial charge in [0.05, 0.1) is 11.4 Å². The van der Waals surface area contributed by atoms with Gasteiger partial charge in [0.2, 0.25) is 5.91 Å². The maximum absolute atomic E-state index is 13.9. The zero-order valence-corrected chi connectivity index (χ0v) is 16.0.